The van der Waals surface area contributed by atoms with Crippen LogP contribution in [0.15, 0.2) is 35.2 Å². The van der Waals surface area contributed by atoms with Crippen LogP contribution >= 0.6 is 0 Å². The van der Waals surface area contributed by atoms with E-state index < -0.39 is 9.84 Å². The van der Waals surface area contributed by atoms with Crippen LogP contribution in [0.4, 0.5) is 0 Å². The van der Waals surface area contributed by atoms with Crippen LogP contribution in [0.5, 0.6) is 0 Å². The number of unbranched alkanes of at least 4 members (excludes halogenated alkanes) is 1. The monoisotopic (exact) mass is 241 g/mol. The van der Waals surface area contributed by atoms with E-state index in [1.807, 2.05) is 13.0 Å². The summed E-state index contributed by atoms with van der Waals surface area (Å²) in [6.45, 7) is 1.94. The number of hydrogen-bond acceptors (Lipinski definition) is 3. The van der Waals surface area contributed by atoms with Crippen molar-refractivity contribution in [1.29, 1.82) is 0 Å². The zero-order valence-corrected chi connectivity index (χ0v) is 10.4. The highest BCUT2D eigenvalue weighted by Crippen LogP contribution is 2.12. The molecule has 0 aliphatic heterocycles. The topological polar surface area (TPSA) is 60.2 Å². The van der Waals surface area contributed by atoms with E-state index in [9.17, 15) is 8.42 Å². The molecule has 0 aromatic heterocycles. The Balaban J connectivity index is 2.48. The van der Waals surface area contributed by atoms with Gasteiger partial charge in [0.25, 0.3) is 0 Å². The Bertz CT molecular complexity index is 398. The van der Waals surface area contributed by atoms with Gasteiger partial charge in [-0.05, 0) is 31.9 Å². The third kappa shape index (κ3) is 4.33. The smallest absolute Gasteiger partial charge is 0.178 e. The van der Waals surface area contributed by atoms with Crippen LogP contribution in [-0.2, 0) is 9.84 Å². The molecular weight excluding hydrogens is 222 g/mol. The molecule has 0 spiro atoms. The van der Waals surface area contributed by atoms with Gasteiger partial charge in [-0.25, -0.2) is 8.42 Å². The minimum atomic E-state index is -3.10. The lowest BCUT2D eigenvalue weighted by atomic mass is 10.2. The highest BCUT2D eigenvalue weighted by molar-refractivity contribution is 7.91. The molecule has 2 N–H and O–H groups in total. The summed E-state index contributed by atoms with van der Waals surface area (Å²) in [5.41, 5.74) is 5.60. The first kappa shape index (κ1) is 13.2. The highest BCUT2D eigenvalue weighted by Gasteiger charge is 2.12. The van der Waals surface area contributed by atoms with E-state index in [1.54, 1.807) is 24.3 Å². The minimum Gasteiger partial charge on any atom is -0.328 e. The third-order valence-corrected chi connectivity index (χ3v) is 4.24. The van der Waals surface area contributed by atoms with Gasteiger partial charge in [-0.15, -0.1) is 0 Å². The highest BCUT2D eigenvalue weighted by atomic mass is 32.2. The lowest BCUT2D eigenvalue weighted by molar-refractivity contribution is 0.580. The fourth-order valence-corrected chi connectivity index (χ4v) is 2.90. The van der Waals surface area contributed by atoms with Gasteiger partial charge in [0, 0.05) is 6.04 Å². The molecule has 0 radical (unpaired) electrons. The van der Waals surface area contributed by atoms with Crippen molar-refractivity contribution in [2.45, 2.75) is 37.1 Å². The predicted octanol–water partition coefficient (Wildman–Crippen LogP) is 1.98. The second-order valence-corrected chi connectivity index (χ2v) is 6.21. The van der Waals surface area contributed by atoms with E-state index in [0.717, 1.165) is 12.8 Å². The molecule has 1 unspecified atom stereocenters. The molecule has 0 amide bonds. The van der Waals surface area contributed by atoms with Gasteiger partial charge >= 0.3 is 0 Å². The molecule has 0 aliphatic rings. The maximum atomic E-state index is 11.8. The van der Waals surface area contributed by atoms with E-state index in [-0.39, 0.29) is 11.8 Å². The molecule has 4 heteroatoms. The second-order valence-electron chi connectivity index (χ2n) is 4.10. The Morgan fingerprint density at radius 3 is 2.38 bits per heavy atom. The van der Waals surface area contributed by atoms with Gasteiger partial charge in [0.05, 0.1) is 10.6 Å². The molecule has 0 bridgehead atoms. The zero-order chi connectivity index (χ0) is 12.0. The summed E-state index contributed by atoms with van der Waals surface area (Å²) in [5.74, 6) is 0.212. The largest absolute Gasteiger partial charge is 0.328 e. The molecule has 0 saturated heterocycles. The molecular formula is C12H19NO2S. The fourth-order valence-electron chi connectivity index (χ4n) is 1.50. The van der Waals surface area contributed by atoms with E-state index in [0.29, 0.717) is 11.3 Å². The lowest BCUT2D eigenvalue weighted by Crippen LogP contribution is -2.15. The van der Waals surface area contributed by atoms with Gasteiger partial charge in [-0.1, -0.05) is 24.6 Å². The van der Waals surface area contributed by atoms with Crippen molar-refractivity contribution < 1.29 is 8.42 Å². The summed E-state index contributed by atoms with van der Waals surface area (Å²) in [6.07, 6.45) is 2.42. The predicted molar refractivity (Wildman–Crippen MR) is 66.0 cm³/mol. The van der Waals surface area contributed by atoms with Gasteiger partial charge in [-0.2, -0.15) is 0 Å². The average Bonchev–Trinajstić information content (AvgIpc) is 2.26. The number of hydrogen-bond donors (Lipinski definition) is 1. The van der Waals surface area contributed by atoms with Crippen LogP contribution in [0, 0.1) is 0 Å². The molecule has 1 atom stereocenters. The van der Waals surface area contributed by atoms with Crippen molar-refractivity contribution in [3.63, 3.8) is 0 Å². The summed E-state index contributed by atoms with van der Waals surface area (Å²) < 4.78 is 23.7. The molecule has 1 rings (SSSR count). The standard InChI is InChI=1S/C12H19NO2S/c1-11(13)7-5-6-10-16(14,15)12-8-3-2-4-9-12/h2-4,8-9,11H,5-7,10,13H2,1H3. The quantitative estimate of drug-likeness (QED) is 0.775. The summed E-state index contributed by atoms with van der Waals surface area (Å²) in [4.78, 5) is 0.413. The molecule has 3 nitrogen and oxygen atoms in total. The van der Waals surface area contributed by atoms with E-state index in [1.165, 1.54) is 0 Å². The zero-order valence-electron chi connectivity index (χ0n) is 9.59. The van der Waals surface area contributed by atoms with Crippen molar-refractivity contribution in [2.75, 3.05) is 5.75 Å². The van der Waals surface area contributed by atoms with Crippen LogP contribution in [0.1, 0.15) is 26.2 Å². The molecule has 16 heavy (non-hydrogen) atoms. The third-order valence-electron chi connectivity index (χ3n) is 2.42. The lowest BCUT2D eigenvalue weighted by Gasteiger charge is -2.06. The summed E-state index contributed by atoms with van der Waals surface area (Å²) in [6, 6.07) is 8.74. The Kier molecular flexibility index (Phi) is 4.96. The molecule has 0 heterocycles. The van der Waals surface area contributed by atoms with Crippen LogP contribution in [0.3, 0.4) is 0 Å². The Hall–Kier alpha value is -0.870. The second kappa shape index (κ2) is 6.01. The van der Waals surface area contributed by atoms with Gasteiger partial charge < -0.3 is 5.73 Å². The summed E-state index contributed by atoms with van der Waals surface area (Å²) >= 11 is 0. The first-order chi connectivity index (χ1) is 7.52. The minimum absolute atomic E-state index is 0.152. The summed E-state index contributed by atoms with van der Waals surface area (Å²) in [5, 5.41) is 0. The normalized spacial score (nSPS) is 13.6. The van der Waals surface area contributed by atoms with E-state index in [2.05, 4.69) is 0 Å². The van der Waals surface area contributed by atoms with Crippen molar-refractivity contribution in [3.05, 3.63) is 30.3 Å². The number of rotatable bonds is 6. The van der Waals surface area contributed by atoms with Gasteiger partial charge in [0.15, 0.2) is 9.84 Å². The molecule has 1 aromatic rings. The first-order valence-electron chi connectivity index (χ1n) is 5.56. The van der Waals surface area contributed by atoms with Crippen LogP contribution in [0.25, 0.3) is 0 Å². The van der Waals surface area contributed by atoms with Gasteiger partial charge in [0.2, 0.25) is 0 Å². The molecule has 0 saturated carbocycles. The average molecular weight is 241 g/mol. The van der Waals surface area contributed by atoms with Gasteiger partial charge in [0.1, 0.15) is 0 Å². The first-order valence-corrected chi connectivity index (χ1v) is 7.21. The molecule has 1 aromatic carbocycles. The Morgan fingerprint density at radius 2 is 1.81 bits per heavy atom. The van der Waals surface area contributed by atoms with Gasteiger partial charge in [-0.3, -0.25) is 0 Å². The summed E-state index contributed by atoms with van der Waals surface area (Å²) in [7, 11) is -3.10. The number of nitrogens with two attached hydrogens (primary N) is 1. The van der Waals surface area contributed by atoms with Crippen molar-refractivity contribution in [2.24, 2.45) is 5.73 Å². The molecule has 0 aliphatic carbocycles. The molecule has 0 fully saturated rings. The van der Waals surface area contributed by atoms with Crippen LogP contribution < -0.4 is 5.73 Å². The molecule has 90 valence electrons. The van der Waals surface area contributed by atoms with Crippen LogP contribution in [0.2, 0.25) is 0 Å². The van der Waals surface area contributed by atoms with Crippen molar-refractivity contribution >= 4 is 9.84 Å². The van der Waals surface area contributed by atoms with Crippen LogP contribution in [-0.4, -0.2) is 20.2 Å². The van der Waals surface area contributed by atoms with Crippen molar-refractivity contribution in [1.82, 2.24) is 0 Å². The fraction of sp³-hybridized carbons (Fsp3) is 0.500. The van der Waals surface area contributed by atoms with E-state index in [4.69, 9.17) is 5.73 Å². The Labute approximate surface area is 97.6 Å². The SMILES string of the molecule is CC(N)CCCCS(=O)(=O)c1ccccc1. The number of sulfone groups is 1. The number of benzene rings is 1. The van der Waals surface area contributed by atoms with E-state index >= 15 is 0 Å². The maximum Gasteiger partial charge on any atom is 0.178 e. The Morgan fingerprint density at radius 1 is 1.19 bits per heavy atom. The van der Waals surface area contributed by atoms with Crippen molar-refractivity contribution in [3.8, 4) is 0 Å². The maximum absolute atomic E-state index is 11.8.